The van der Waals surface area contributed by atoms with E-state index in [0.29, 0.717) is 44.9 Å². The number of carbonyl (C=O) groups is 3. The molecule has 0 aromatic carbocycles. The molecule has 2 saturated heterocycles. The number of carboxylic acid groups (broad SMARTS) is 1. The fraction of sp³-hybridized carbons (Fsp3) is 0.850. The molecule has 166 valence electrons. The number of piperazine rings is 1. The predicted molar refractivity (Wildman–Crippen MR) is 111 cm³/mol. The first-order valence-corrected chi connectivity index (χ1v) is 10.8. The monoisotopic (exact) mass is 425 g/mol. The quantitative estimate of drug-likeness (QED) is 0.222. The van der Waals surface area contributed by atoms with Gasteiger partial charge in [-0.3, -0.25) is 24.2 Å². The van der Waals surface area contributed by atoms with Gasteiger partial charge in [0.1, 0.15) is 0 Å². The molecule has 0 bridgehead atoms. The molecular weight excluding hydrogens is 388 g/mol. The topological polar surface area (TPSA) is 105 Å². The van der Waals surface area contributed by atoms with Gasteiger partial charge in [0, 0.05) is 64.7 Å². The van der Waals surface area contributed by atoms with E-state index in [1.54, 1.807) is 0 Å². The van der Waals surface area contributed by atoms with Crippen LogP contribution in [0.1, 0.15) is 38.5 Å². The average molecular weight is 425 g/mol. The third kappa shape index (κ3) is 9.56. The van der Waals surface area contributed by atoms with Crippen LogP contribution in [0.4, 0.5) is 0 Å². The fourth-order valence-electron chi connectivity index (χ4n) is 3.91. The Labute approximate surface area is 173 Å². The molecule has 0 radical (unpaired) electrons. The molecule has 0 aromatic heterocycles. The summed E-state index contributed by atoms with van der Waals surface area (Å²) in [4.78, 5) is 41.5. The highest BCUT2D eigenvalue weighted by atomic mass is 16.5. The van der Waals surface area contributed by atoms with Crippen molar-refractivity contribution in [2.24, 2.45) is 0 Å². The van der Waals surface area contributed by atoms with Crippen molar-refractivity contribution >= 4 is 17.8 Å². The van der Waals surface area contributed by atoms with Gasteiger partial charge < -0.3 is 20.6 Å². The first-order chi connectivity index (χ1) is 13.9. The van der Waals surface area contributed by atoms with E-state index in [4.69, 9.17) is 5.11 Å². The number of hydrogen-bond donors (Lipinski definition) is 3. The minimum Gasteiger partial charge on any atom is -0.481 e. The molecule has 0 aromatic rings. The Bertz CT molecular complexity index is 537. The fourth-order valence-corrected chi connectivity index (χ4v) is 3.91. The van der Waals surface area contributed by atoms with Gasteiger partial charge in [-0.25, -0.2) is 0 Å². The lowest BCUT2D eigenvalue weighted by atomic mass is 10.4. The molecule has 2 fully saturated rings. The number of hydrogen-bond acceptors (Lipinski definition) is 6. The van der Waals surface area contributed by atoms with Crippen molar-refractivity contribution < 1.29 is 19.5 Å². The van der Waals surface area contributed by atoms with Gasteiger partial charge in [0.05, 0.1) is 6.54 Å². The zero-order chi connectivity index (χ0) is 21.1. The number of likely N-dealkylation sites (N-methyl/N-ethyl adjacent to an activating group) is 1. The van der Waals surface area contributed by atoms with E-state index in [2.05, 4.69) is 32.4 Å². The number of aliphatic carboxylic acids is 1. The minimum atomic E-state index is -0.856. The largest absolute Gasteiger partial charge is 0.481 e. The van der Waals surface area contributed by atoms with Crippen molar-refractivity contribution in [1.29, 1.82) is 0 Å². The maximum Gasteiger partial charge on any atom is 0.303 e. The van der Waals surface area contributed by atoms with Gasteiger partial charge in [0.15, 0.2) is 0 Å². The number of nitrogens with zero attached hydrogens (tertiary/aromatic N) is 3. The normalized spacial score (nSPS) is 21.2. The van der Waals surface area contributed by atoms with Crippen LogP contribution < -0.4 is 10.6 Å². The molecule has 2 rings (SSSR count). The van der Waals surface area contributed by atoms with Gasteiger partial charge in [-0.2, -0.15) is 0 Å². The molecule has 9 heteroatoms. The lowest BCUT2D eigenvalue weighted by Gasteiger charge is -2.36. The van der Waals surface area contributed by atoms with Crippen LogP contribution >= 0.6 is 0 Å². The third-order valence-corrected chi connectivity index (χ3v) is 5.70. The highest BCUT2D eigenvalue weighted by molar-refractivity contribution is 5.78. The molecule has 2 amide bonds. The molecule has 0 spiro atoms. The summed E-state index contributed by atoms with van der Waals surface area (Å²) in [5.74, 6) is -0.931. The van der Waals surface area contributed by atoms with Crippen molar-refractivity contribution in [2.75, 3.05) is 66.0 Å². The lowest BCUT2D eigenvalue weighted by molar-refractivity contribution is -0.137. The molecule has 2 aliphatic heterocycles. The summed E-state index contributed by atoms with van der Waals surface area (Å²) < 4.78 is 0. The number of carbonyl (C=O) groups excluding carboxylic acids is 2. The van der Waals surface area contributed by atoms with Crippen molar-refractivity contribution in [3.05, 3.63) is 0 Å². The maximum absolute atomic E-state index is 12.3. The number of rotatable bonds is 12. The molecule has 9 nitrogen and oxygen atoms in total. The Morgan fingerprint density at radius 2 is 1.59 bits per heavy atom. The van der Waals surface area contributed by atoms with E-state index in [9.17, 15) is 14.4 Å². The summed E-state index contributed by atoms with van der Waals surface area (Å²) in [6.07, 6.45) is 3.71. The Kier molecular flexibility index (Phi) is 10.4. The van der Waals surface area contributed by atoms with E-state index >= 15 is 0 Å². The first-order valence-electron chi connectivity index (χ1n) is 10.8. The van der Waals surface area contributed by atoms with Crippen LogP contribution in [-0.2, 0) is 14.4 Å². The van der Waals surface area contributed by atoms with Crippen molar-refractivity contribution in [1.82, 2.24) is 25.3 Å². The first kappa shape index (κ1) is 23.6. The van der Waals surface area contributed by atoms with Crippen molar-refractivity contribution in [3.63, 3.8) is 0 Å². The van der Waals surface area contributed by atoms with E-state index in [0.717, 1.165) is 52.1 Å². The highest BCUT2D eigenvalue weighted by Crippen LogP contribution is 2.18. The second-order valence-electron chi connectivity index (χ2n) is 8.17. The summed E-state index contributed by atoms with van der Waals surface area (Å²) in [7, 11) is 2.16. The third-order valence-electron chi connectivity index (χ3n) is 5.70. The Hall–Kier alpha value is -1.71. The molecule has 2 aliphatic rings. The molecule has 1 unspecified atom stereocenters. The summed E-state index contributed by atoms with van der Waals surface area (Å²) in [5.41, 5.74) is 0. The van der Waals surface area contributed by atoms with E-state index < -0.39 is 5.97 Å². The lowest BCUT2D eigenvalue weighted by Crippen LogP contribution is -2.50. The second-order valence-corrected chi connectivity index (χ2v) is 8.17. The van der Waals surface area contributed by atoms with Gasteiger partial charge in [-0.05, 0) is 39.3 Å². The van der Waals surface area contributed by atoms with Gasteiger partial charge >= 0.3 is 5.97 Å². The highest BCUT2D eigenvalue weighted by Gasteiger charge is 2.28. The summed E-state index contributed by atoms with van der Waals surface area (Å²) >= 11 is 0. The summed E-state index contributed by atoms with van der Waals surface area (Å²) in [5, 5.41) is 14.2. The smallest absolute Gasteiger partial charge is 0.303 e. The number of likely N-dealkylation sites (tertiary alicyclic amines) is 1. The van der Waals surface area contributed by atoms with Crippen LogP contribution in [0.3, 0.4) is 0 Å². The number of amides is 2. The van der Waals surface area contributed by atoms with Crippen molar-refractivity contribution in [3.8, 4) is 0 Å². The van der Waals surface area contributed by atoms with Crippen LogP contribution in [0, 0.1) is 0 Å². The molecular formula is C20H37N5O4. The Morgan fingerprint density at radius 1 is 0.931 bits per heavy atom. The van der Waals surface area contributed by atoms with E-state index in [-0.39, 0.29) is 18.2 Å². The van der Waals surface area contributed by atoms with Crippen LogP contribution in [0.15, 0.2) is 0 Å². The number of carboxylic acids is 1. The minimum absolute atomic E-state index is 0.0251. The molecule has 2 heterocycles. The van der Waals surface area contributed by atoms with E-state index in [1.165, 1.54) is 0 Å². The standard InChI is InChI=1S/C20H37N5O4/c1-23-11-13-24(14-12-23)15-17-5-4-10-25(17)16-19(27)22-8-2-6-18(26)21-9-3-7-20(28)29/h17H,2-16H2,1H3,(H,21,26)(H,22,27)(H,28,29)/i3+1,7+1,9+1,11+1,12+1,13+1,14+1,15+1,17+1,18+1,20+1,23+1,24+1,25+1. The second kappa shape index (κ2) is 12.8. The molecule has 3 N–H and O–H groups in total. The molecule has 0 aliphatic carbocycles. The van der Waals surface area contributed by atoms with Crippen molar-refractivity contribution in [2.45, 2.75) is 44.6 Å². The van der Waals surface area contributed by atoms with Gasteiger partial charge in [-0.15, -0.1) is 0 Å². The Balaban J connectivity index is 1.55. The van der Waals surface area contributed by atoms with Crippen LogP contribution in [-0.4, -0.2) is 110 Å². The zero-order valence-electron chi connectivity index (χ0n) is 17.7. The molecule has 29 heavy (non-hydrogen) atoms. The van der Waals surface area contributed by atoms with Gasteiger partial charge in [0.2, 0.25) is 11.8 Å². The summed E-state index contributed by atoms with van der Waals surface area (Å²) in [6, 6.07) is 0.459. The maximum atomic E-state index is 12.3. The van der Waals surface area contributed by atoms with Gasteiger partial charge in [-0.1, -0.05) is 0 Å². The Morgan fingerprint density at radius 3 is 2.28 bits per heavy atom. The number of nitrogens with one attached hydrogen (secondary N) is 2. The van der Waals surface area contributed by atoms with E-state index in [1.807, 2.05) is 0 Å². The summed E-state index contributed by atoms with van der Waals surface area (Å²) in [6.45, 7) is 7.74. The SMILES string of the molecule is C[15N]1[13CH2][13CH2][15N]([13CH2][13CH]2CCC[15N]2CC(=O)NCCC[13C](=O)N[13CH2][13CH2][13CH2][13C](=O)O)[13CH2][13CH2]1. The predicted octanol–water partition coefficient (Wildman–Crippen LogP) is -0.424. The van der Waals surface area contributed by atoms with Crippen LogP contribution in [0.5, 0.6) is 0 Å². The average Bonchev–Trinajstić information content (AvgIpc) is 3.10. The van der Waals surface area contributed by atoms with Crippen LogP contribution in [0.25, 0.3) is 0 Å². The zero-order valence-corrected chi connectivity index (χ0v) is 17.7. The van der Waals surface area contributed by atoms with Gasteiger partial charge in [0.25, 0.3) is 0 Å². The molecule has 1 atom stereocenters. The molecule has 0 saturated carbocycles. The van der Waals surface area contributed by atoms with Crippen LogP contribution in [0.2, 0.25) is 0 Å².